The number of pyridine rings is 1. The highest BCUT2D eigenvalue weighted by Crippen LogP contribution is 2.30. The number of anilines is 2. The van der Waals surface area contributed by atoms with Gasteiger partial charge in [0.25, 0.3) is 11.8 Å². The highest BCUT2D eigenvalue weighted by molar-refractivity contribution is 9.10. The molecule has 2 saturated heterocycles. The second kappa shape index (κ2) is 11.6. The van der Waals surface area contributed by atoms with Crippen molar-refractivity contribution >= 4 is 50.9 Å². The van der Waals surface area contributed by atoms with E-state index in [1.54, 1.807) is 24.3 Å². The van der Waals surface area contributed by atoms with Crippen molar-refractivity contribution in [1.82, 2.24) is 9.88 Å². The van der Waals surface area contributed by atoms with E-state index in [1.165, 1.54) is 5.56 Å². The van der Waals surface area contributed by atoms with Crippen molar-refractivity contribution in [3.63, 3.8) is 0 Å². The number of benzene rings is 2. The third kappa shape index (κ3) is 6.14. The normalized spacial score (nSPS) is 16.5. The van der Waals surface area contributed by atoms with Gasteiger partial charge in [-0.05, 0) is 82.7 Å². The van der Waals surface area contributed by atoms with Gasteiger partial charge in [0.15, 0.2) is 0 Å². The quantitative estimate of drug-likeness (QED) is 0.423. The fraction of sp³-hybridized carbons (Fsp3) is 0.321. The van der Waals surface area contributed by atoms with E-state index in [0.29, 0.717) is 48.5 Å². The molecule has 2 fully saturated rings. The molecule has 192 valence electrons. The number of piperidine rings is 1. The summed E-state index contributed by atoms with van der Waals surface area (Å²) in [5.74, 6) is 0.959. The van der Waals surface area contributed by atoms with E-state index in [9.17, 15) is 9.59 Å². The molecule has 37 heavy (non-hydrogen) atoms. The smallest absolute Gasteiger partial charge is 0.274 e. The number of likely N-dealkylation sites (tertiary alicyclic amines) is 1. The van der Waals surface area contributed by atoms with E-state index >= 15 is 0 Å². The van der Waals surface area contributed by atoms with Crippen molar-refractivity contribution in [2.45, 2.75) is 18.8 Å². The molecule has 2 aromatic carbocycles. The zero-order chi connectivity index (χ0) is 25.8. The van der Waals surface area contributed by atoms with Crippen molar-refractivity contribution in [2.24, 2.45) is 0 Å². The Bertz CT molecular complexity index is 1270. The van der Waals surface area contributed by atoms with Gasteiger partial charge in [0.05, 0.1) is 18.2 Å². The van der Waals surface area contributed by atoms with Crippen molar-refractivity contribution in [2.75, 3.05) is 49.6 Å². The predicted octanol–water partition coefficient (Wildman–Crippen LogP) is 5.61. The first-order valence-electron chi connectivity index (χ1n) is 12.4. The Morgan fingerprint density at radius 1 is 0.973 bits per heavy atom. The zero-order valence-electron chi connectivity index (χ0n) is 20.3. The SMILES string of the molecule is O=C(Nc1ccc(C2CCN(C(=O)c3ccc(Cl)c(Br)c3)CC2)cc1)c1cccc(N2CCOCC2)n1. The van der Waals surface area contributed by atoms with Crippen LogP contribution in [0.4, 0.5) is 11.5 Å². The van der Waals surface area contributed by atoms with Crippen molar-refractivity contribution in [3.05, 3.63) is 87.0 Å². The zero-order valence-corrected chi connectivity index (χ0v) is 22.7. The topological polar surface area (TPSA) is 74.8 Å². The van der Waals surface area contributed by atoms with Crippen molar-refractivity contribution in [3.8, 4) is 0 Å². The van der Waals surface area contributed by atoms with Gasteiger partial charge in [0, 0.05) is 41.9 Å². The summed E-state index contributed by atoms with van der Waals surface area (Å²) < 4.78 is 6.13. The molecule has 0 aliphatic carbocycles. The number of nitrogens with one attached hydrogen (secondary N) is 1. The minimum Gasteiger partial charge on any atom is -0.378 e. The summed E-state index contributed by atoms with van der Waals surface area (Å²) in [6.07, 6.45) is 1.79. The van der Waals surface area contributed by atoms with Crippen LogP contribution in [-0.2, 0) is 4.74 Å². The molecule has 2 amide bonds. The van der Waals surface area contributed by atoms with Gasteiger partial charge in [-0.25, -0.2) is 4.98 Å². The van der Waals surface area contributed by atoms with E-state index in [1.807, 2.05) is 29.2 Å². The van der Waals surface area contributed by atoms with Gasteiger partial charge >= 0.3 is 0 Å². The molecule has 2 aliphatic rings. The highest BCUT2D eigenvalue weighted by Gasteiger charge is 2.25. The molecule has 3 heterocycles. The molecule has 0 atom stereocenters. The Balaban J connectivity index is 1.16. The Hall–Kier alpha value is -2.94. The Labute approximate surface area is 229 Å². The molecule has 1 N–H and O–H groups in total. The maximum atomic E-state index is 12.9. The molecule has 0 spiro atoms. The number of aromatic nitrogens is 1. The lowest BCUT2D eigenvalue weighted by atomic mass is 9.89. The van der Waals surface area contributed by atoms with Crippen LogP contribution in [0.3, 0.4) is 0 Å². The third-order valence-corrected chi connectivity index (χ3v) is 8.10. The van der Waals surface area contributed by atoms with Crippen LogP contribution in [0.2, 0.25) is 5.02 Å². The highest BCUT2D eigenvalue weighted by atomic mass is 79.9. The number of rotatable bonds is 5. The third-order valence-electron chi connectivity index (χ3n) is 6.89. The number of hydrogen-bond donors (Lipinski definition) is 1. The standard InChI is InChI=1S/C28H28BrClN4O3/c29-23-18-21(6-9-24(23)30)28(36)34-12-10-20(11-13-34)19-4-7-22(8-5-19)31-27(35)25-2-1-3-26(32-25)33-14-16-37-17-15-33/h1-9,18,20H,10-17H2,(H,31,35). The molecule has 1 aromatic heterocycles. The largest absolute Gasteiger partial charge is 0.378 e. The van der Waals surface area contributed by atoms with Gasteiger partial charge in [-0.2, -0.15) is 0 Å². The number of carbonyl (C=O) groups excluding carboxylic acids is 2. The maximum absolute atomic E-state index is 12.9. The van der Waals surface area contributed by atoms with Gasteiger partial charge in [0.1, 0.15) is 11.5 Å². The number of halogens is 2. The Kier molecular flexibility index (Phi) is 8.08. The van der Waals surface area contributed by atoms with Crippen molar-refractivity contribution in [1.29, 1.82) is 0 Å². The average Bonchev–Trinajstić information content (AvgIpc) is 2.95. The van der Waals surface area contributed by atoms with E-state index in [2.05, 4.69) is 43.3 Å². The second-order valence-corrected chi connectivity index (χ2v) is 10.5. The minimum absolute atomic E-state index is 0.0279. The monoisotopic (exact) mass is 582 g/mol. The predicted molar refractivity (Wildman–Crippen MR) is 149 cm³/mol. The van der Waals surface area contributed by atoms with E-state index in [0.717, 1.165) is 41.9 Å². The van der Waals surface area contributed by atoms with Gasteiger partial charge in [-0.1, -0.05) is 29.8 Å². The number of ether oxygens (including phenoxy) is 1. The molecule has 9 heteroatoms. The fourth-order valence-electron chi connectivity index (χ4n) is 4.78. The lowest BCUT2D eigenvalue weighted by molar-refractivity contribution is 0.0712. The molecule has 2 aliphatic heterocycles. The first kappa shape index (κ1) is 25.7. The number of amides is 2. The van der Waals surface area contributed by atoms with Crippen LogP contribution in [-0.4, -0.2) is 61.1 Å². The van der Waals surface area contributed by atoms with Gasteiger partial charge in [-0.15, -0.1) is 0 Å². The number of nitrogens with zero attached hydrogens (tertiary/aromatic N) is 3. The maximum Gasteiger partial charge on any atom is 0.274 e. The lowest BCUT2D eigenvalue weighted by Crippen LogP contribution is -2.37. The summed E-state index contributed by atoms with van der Waals surface area (Å²) >= 11 is 9.45. The molecule has 0 saturated carbocycles. The second-order valence-electron chi connectivity index (χ2n) is 9.25. The molecule has 3 aromatic rings. The van der Waals surface area contributed by atoms with Crippen molar-refractivity contribution < 1.29 is 14.3 Å². The molecule has 0 bridgehead atoms. The average molecular weight is 584 g/mol. The van der Waals surface area contributed by atoms with E-state index in [4.69, 9.17) is 16.3 Å². The van der Waals surface area contributed by atoms with Crippen LogP contribution in [0.15, 0.2) is 65.1 Å². The molecule has 0 unspecified atom stereocenters. The molecule has 5 rings (SSSR count). The van der Waals surface area contributed by atoms with Crippen LogP contribution in [0.25, 0.3) is 0 Å². The summed E-state index contributed by atoms with van der Waals surface area (Å²) in [5, 5.41) is 3.55. The number of morpholine rings is 1. The van der Waals surface area contributed by atoms with E-state index < -0.39 is 0 Å². The summed E-state index contributed by atoms with van der Waals surface area (Å²) in [6.45, 7) is 4.28. The minimum atomic E-state index is -0.233. The van der Waals surface area contributed by atoms with Crippen LogP contribution in [0.1, 0.15) is 45.2 Å². The Morgan fingerprint density at radius 2 is 1.70 bits per heavy atom. The molecule has 7 nitrogen and oxygen atoms in total. The summed E-state index contributed by atoms with van der Waals surface area (Å²) in [7, 11) is 0. The summed E-state index contributed by atoms with van der Waals surface area (Å²) in [6, 6.07) is 18.8. The van der Waals surface area contributed by atoms with Crippen LogP contribution in [0.5, 0.6) is 0 Å². The molecular formula is C28H28BrClN4O3. The number of hydrogen-bond acceptors (Lipinski definition) is 5. The van der Waals surface area contributed by atoms with E-state index in [-0.39, 0.29) is 11.8 Å². The lowest BCUT2D eigenvalue weighted by Gasteiger charge is -2.32. The first-order chi connectivity index (χ1) is 18.0. The van der Waals surface area contributed by atoms with Gasteiger partial charge in [0.2, 0.25) is 0 Å². The first-order valence-corrected chi connectivity index (χ1v) is 13.6. The number of carbonyl (C=O) groups is 2. The summed E-state index contributed by atoms with van der Waals surface area (Å²) in [5.41, 5.74) is 2.97. The fourth-order valence-corrected chi connectivity index (χ4v) is 5.28. The summed E-state index contributed by atoms with van der Waals surface area (Å²) in [4.78, 5) is 34.3. The van der Waals surface area contributed by atoms with Crippen LogP contribution >= 0.6 is 27.5 Å². The van der Waals surface area contributed by atoms with Gasteiger partial charge < -0.3 is 19.9 Å². The Morgan fingerprint density at radius 3 is 2.41 bits per heavy atom. The molecule has 0 radical (unpaired) electrons. The van der Waals surface area contributed by atoms with Gasteiger partial charge in [-0.3, -0.25) is 9.59 Å². The van der Waals surface area contributed by atoms with Crippen LogP contribution in [0, 0.1) is 0 Å². The van der Waals surface area contributed by atoms with Crippen LogP contribution < -0.4 is 10.2 Å². The molecular weight excluding hydrogens is 556 g/mol.